The molecule has 0 saturated heterocycles. The highest BCUT2D eigenvalue weighted by molar-refractivity contribution is 9.10. The van der Waals surface area contributed by atoms with Gasteiger partial charge in [-0.3, -0.25) is 0 Å². The first-order chi connectivity index (χ1) is 7.84. The lowest BCUT2D eigenvalue weighted by Gasteiger charge is -2.13. The average molecular weight is 334 g/mol. The highest BCUT2D eigenvalue weighted by Gasteiger charge is 2.18. The Balaban J connectivity index is 2.96. The fourth-order valence-electron chi connectivity index (χ4n) is 1.05. The lowest BCUT2D eigenvalue weighted by molar-refractivity contribution is 0.651. The van der Waals surface area contributed by atoms with Crippen molar-refractivity contribution in [2.45, 2.75) is 30.4 Å². The number of hydrogen-bond acceptors (Lipinski definition) is 2. The van der Waals surface area contributed by atoms with Crippen LogP contribution in [0, 0.1) is 0 Å². The van der Waals surface area contributed by atoms with Gasteiger partial charge in [0.1, 0.15) is 11.0 Å². The summed E-state index contributed by atoms with van der Waals surface area (Å²) in [5, 5.41) is 0. The van der Waals surface area contributed by atoms with Crippen molar-refractivity contribution in [2.24, 2.45) is 4.40 Å². The van der Waals surface area contributed by atoms with E-state index in [1.165, 1.54) is 0 Å². The van der Waals surface area contributed by atoms with Crippen LogP contribution in [0.4, 0.5) is 0 Å². The van der Waals surface area contributed by atoms with Crippen LogP contribution in [-0.2, 0) is 11.0 Å². The summed E-state index contributed by atoms with van der Waals surface area (Å²) in [5.74, 6) is 0. The van der Waals surface area contributed by atoms with E-state index in [4.69, 9.17) is 0 Å². The number of halogens is 1. The predicted octanol–water partition coefficient (Wildman–Crippen LogP) is 4.05. The Morgan fingerprint density at radius 3 is 2.59 bits per heavy atom. The van der Waals surface area contributed by atoms with Gasteiger partial charge in [-0.2, -0.15) is 4.40 Å². The lowest BCUT2D eigenvalue weighted by Crippen LogP contribution is -2.19. The van der Waals surface area contributed by atoms with Crippen molar-refractivity contribution >= 4 is 44.9 Å². The largest absolute Gasteiger partial charge is 0.234 e. The number of nitrogens with zero attached hydrogens (tertiary/aromatic N) is 1. The van der Waals surface area contributed by atoms with Crippen molar-refractivity contribution in [1.29, 1.82) is 0 Å². The molecule has 0 bridgehead atoms. The first-order valence-electron chi connectivity index (χ1n) is 5.14. The topological polar surface area (TPSA) is 29.4 Å². The Morgan fingerprint density at radius 2 is 2.06 bits per heavy atom. The molecule has 2 nitrogen and oxygen atoms in total. The van der Waals surface area contributed by atoms with Gasteiger partial charge in [0.15, 0.2) is 0 Å². The fraction of sp³-hybridized carbons (Fsp3) is 0.417. The second-order valence-corrected chi connectivity index (χ2v) is 8.18. The van der Waals surface area contributed by atoms with Crippen molar-refractivity contribution in [2.75, 3.05) is 6.26 Å². The maximum absolute atomic E-state index is 11.8. The maximum atomic E-state index is 11.8. The Kier molecular flexibility index (Phi) is 5.41. The van der Waals surface area contributed by atoms with Crippen LogP contribution in [0.15, 0.2) is 32.0 Å². The van der Waals surface area contributed by atoms with Crippen molar-refractivity contribution in [3.63, 3.8) is 0 Å². The summed E-state index contributed by atoms with van der Waals surface area (Å²) in [7, 11) is -1.20. The van der Waals surface area contributed by atoms with Gasteiger partial charge in [0, 0.05) is 21.1 Å². The molecule has 1 rings (SSSR count). The van der Waals surface area contributed by atoms with E-state index >= 15 is 0 Å². The lowest BCUT2D eigenvalue weighted by atomic mass is 10.2. The van der Waals surface area contributed by atoms with Crippen molar-refractivity contribution in [3.05, 3.63) is 28.2 Å². The number of rotatable bonds is 3. The van der Waals surface area contributed by atoms with Crippen LogP contribution in [0.25, 0.3) is 0 Å². The molecule has 1 unspecified atom stereocenters. The van der Waals surface area contributed by atoms with E-state index in [2.05, 4.69) is 20.3 Å². The van der Waals surface area contributed by atoms with Gasteiger partial charge in [-0.25, -0.2) is 4.21 Å². The summed E-state index contributed by atoms with van der Waals surface area (Å²) in [4.78, 5) is 1.12. The number of hydrogen-bond donors (Lipinski definition) is 0. The molecule has 0 saturated carbocycles. The minimum absolute atomic E-state index is 0.314. The molecule has 1 aromatic rings. The number of thioether (sulfide) groups is 1. The van der Waals surface area contributed by atoms with Gasteiger partial charge < -0.3 is 0 Å². The standard InChI is InChI=1S/C12H16BrNOS2/c1-12(2,3)17(15)14-8-9-5-6-10(13)7-11(9)16-4/h5-8H,1-4H3. The van der Waals surface area contributed by atoms with Crippen LogP contribution in [0.2, 0.25) is 0 Å². The minimum Gasteiger partial charge on any atom is -0.234 e. The Bertz CT molecular complexity index is 452. The van der Waals surface area contributed by atoms with Crippen molar-refractivity contribution < 1.29 is 4.21 Å². The minimum atomic E-state index is -1.20. The van der Waals surface area contributed by atoms with Crippen LogP contribution in [0.5, 0.6) is 0 Å². The first-order valence-corrected chi connectivity index (χ1v) is 8.26. The molecule has 0 spiro atoms. The SMILES string of the molecule is CSc1cc(Br)ccc1C=NS(=O)C(C)(C)C. The molecular weight excluding hydrogens is 318 g/mol. The third-order valence-electron chi connectivity index (χ3n) is 2.01. The summed E-state index contributed by atoms with van der Waals surface area (Å²) in [6.45, 7) is 5.74. The quantitative estimate of drug-likeness (QED) is 0.616. The van der Waals surface area contributed by atoms with Gasteiger partial charge in [-0.1, -0.05) is 22.0 Å². The molecule has 0 fully saturated rings. The molecule has 0 aliphatic rings. The average Bonchev–Trinajstić information content (AvgIpc) is 2.25. The molecule has 0 N–H and O–H groups in total. The van der Waals surface area contributed by atoms with Crippen LogP contribution >= 0.6 is 27.7 Å². The maximum Gasteiger partial charge on any atom is 0.144 e. The molecule has 0 radical (unpaired) electrons. The monoisotopic (exact) mass is 333 g/mol. The molecule has 94 valence electrons. The van der Waals surface area contributed by atoms with Crippen molar-refractivity contribution in [3.8, 4) is 0 Å². The Labute approximate surface area is 118 Å². The first kappa shape index (κ1) is 14.9. The molecule has 17 heavy (non-hydrogen) atoms. The smallest absolute Gasteiger partial charge is 0.144 e. The molecule has 0 heterocycles. The summed E-state index contributed by atoms with van der Waals surface area (Å²) in [5.41, 5.74) is 0.998. The predicted molar refractivity (Wildman–Crippen MR) is 81.4 cm³/mol. The molecule has 1 atom stereocenters. The molecule has 0 amide bonds. The van der Waals surface area contributed by atoms with Gasteiger partial charge in [-0.15, -0.1) is 11.8 Å². The summed E-state index contributed by atoms with van der Waals surface area (Å²) in [6, 6.07) is 5.96. The van der Waals surface area contributed by atoms with E-state index in [0.717, 1.165) is 14.9 Å². The van der Waals surface area contributed by atoms with E-state index in [1.807, 2.05) is 45.2 Å². The highest BCUT2D eigenvalue weighted by atomic mass is 79.9. The van der Waals surface area contributed by atoms with Crippen LogP contribution in [0.1, 0.15) is 26.3 Å². The van der Waals surface area contributed by atoms with E-state index in [0.29, 0.717) is 0 Å². The normalized spacial score (nSPS) is 14.2. The third kappa shape index (κ3) is 4.56. The summed E-state index contributed by atoms with van der Waals surface area (Å²) < 4.78 is 16.6. The Hall–Kier alpha value is -0.130. The molecule has 0 aliphatic carbocycles. The molecule has 1 aromatic carbocycles. The molecule has 5 heteroatoms. The van der Waals surface area contributed by atoms with E-state index < -0.39 is 11.0 Å². The fourth-order valence-corrected chi connectivity index (χ4v) is 2.69. The van der Waals surface area contributed by atoms with Gasteiger partial charge in [0.05, 0.1) is 4.75 Å². The summed E-state index contributed by atoms with van der Waals surface area (Å²) >= 11 is 5.08. The Morgan fingerprint density at radius 1 is 1.41 bits per heavy atom. The molecule has 0 aromatic heterocycles. The van der Waals surface area contributed by atoms with Crippen LogP contribution in [-0.4, -0.2) is 21.4 Å². The number of benzene rings is 1. The highest BCUT2D eigenvalue weighted by Crippen LogP contribution is 2.24. The van der Waals surface area contributed by atoms with E-state index in [-0.39, 0.29) is 4.75 Å². The van der Waals surface area contributed by atoms with Crippen molar-refractivity contribution in [1.82, 2.24) is 0 Å². The van der Waals surface area contributed by atoms with Gasteiger partial charge >= 0.3 is 0 Å². The zero-order valence-electron chi connectivity index (χ0n) is 10.4. The summed E-state index contributed by atoms with van der Waals surface area (Å²) in [6.07, 6.45) is 3.71. The zero-order valence-corrected chi connectivity index (χ0v) is 13.6. The third-order valence-corrected chi connectivity index (χ3v) is 4.64. The second-order valence-electron chi connectivity index (χ2n) is 4.48. The second kappa shape index (κ2) is 6.16. The zero-order chi connectivity index (χ0) is 13.1. The van der Waals surface area contributed by atoms with E-state index in [9.17, 15) is 4.21 Å². The molecule has 0 aliphatic heterocycles. The molecular formula is C12H16BrNOS2. The van der Waals surface area contributed by atoms with Crippen LogP contribution in [0.3, 0.4) is 0 Å². The van der Waals surface area contributed by atoms with E-state index in [1.54, 1.807) is 18.0 Å². The van der Waals surface area contributed by atoms with Gasteiger partial charge in [-0.05, 0) is 39.2 Å². The van der Waals surface area contributed by atoms with Gasteiger partial charge in [0.25, 0.3) is 0 Å². The van der Waals surface area contributed by atoms with Gasteiger partial charge in [0.2, 0.25) is 0 Å². The van der Waals surface area contributed by atoms with Crippen LogP contribution < -0.4 is 0 Å².